The summed E-state index contributed by atoms with van der Waals surface area (Å²) >= 11 is 0. The highest BCUT2D eigenvalue weighted by molar-refractivity contribution is 4.69. The van der Waals surface area contributed by atoms with Crippen LogP contribution in [0, 0.1) is 0 Å². The Labute approximate surface area is 117 Å². The van der Waals surface area contributed by atoms with E-state index in [1.165, 1.54) is 0 Å². The molecule has 0 radical (unpaired) electrons. The molecular formula is C12H24O8. The van der Waals surface area contributed by atoms with Crippen molar-refractivity contribution in [1.29, 1.82) is 0 Å². The summed E-state index contributed by atoms with van der Waals surface area (Å²) in [4.78, 5) is 0. The van der Waals surface area contributed by atoms with Gasteiger partial charge in [-0.25, -0.2) is 0 Å². The molecule has 20 heavy (non-hydrogen) atoms. The molecule has 1 aliphatic heterocycles. The van der Waals surface area contributed by atoms with Crippen molar-refractivity contribution < 1.29 is 39.4 Å². The zero-order valence-electron chi connectivity index (χ0n) is 11.4. The molecule has 4 atom stereocenters. The number of ether oxygens (including phenoxy) is 4. The highest BCUT2D eigenvalue weighted by Gasteiger charge is 2.24. The standard InChI is InChI=1S/C12H24O8/c13-1-9(16)4-17-5-10(2-14)18-6-11(3-15)19-7-12-8-20-12/h9-16H,1-8H2. The smallest absolute Gasteiger partial charge is 0.104 e. The van der Waals surface area contributed by atoms with Crippen molar-refractivity contribution in [3.63, 3.8) is 0 Å². The maximum absolute atomic E-state index is 9.13. The fourth-order valence-electron chi connectivity index (χ4n) is 1.35. The molecule has 0 saturated carbocycles. The molecule has 1 heterocycles. The van der Waals surface area contributed by atoms with Crippen LogP contribution in [0.4, 0.5) is 0 Å². The lowest BCUT2D eigenvalue weighted by molar-refractivity contribution is -0.103. The summed E-state index contributed by atoms with van der Waals surface area (Å²) in [6, 6.07) is 0. The highest BCUT2D eigenvalue weighted by Crippen LogP contribution is 2.10. The molecule has 1 fully saturated rings. The van der Waals surface area contributed by atoms with Gasteiger partial charge in [-0.15, -0.1) is 0 Å². The molecule has 0 spiro atoms. The second-order valence-electron chi connectivity index (χ2n) is 4.61. The van der Waals surface area contributed by atoms with Crippen molar-refractivity contribution in [3.05, 3.63) is 0 Å². The van der Waals surface area contributed by atoms with Gasteiger partial charge in [0.1, 0.15) is 24.4 Å². The van der Waals surface area contributed by atoms with Crippen molar-refractivity contribution >= 4 is 0 Å². The molecule has 0 amide bonds. The quantitative estimate of drug-likeness (QED) is 0.275. The van der Waals surface area contributed by atoms with Crippen molar-refractivity contribution in [3.8, 4) is 0 Å². The van der Waals surface area contributed by atoms with Gasteiger partial charge in [0.2, 0.25) is 0 Å². The van der Waals surface area contributed by atoms with Gasteiger partial charge < -0.3 is 39.4 Å². The Balaban J connectivity index is 2.10. The molecule has 1 saturated heterocycles. The van der Waals surface area contributed by atoms with Crippen LogP contribution in [-0.4, -0.2) is 97.7 Å². The Kier molecular flexibility index (Phi) is 9.23. The van der Waals surface area contributed by atoms with Gasteiger partial charge >= 0.3 is 0 Å². The van der Waals surface area contributed by atoms with E-state index in [4.69, 9.17) is 39.4 Å². The van der Waals surface area contributed by atoms with E-state index in [1.54, 1.807) is 0 Å². The summed E-state index contributed by atoms with van der Waals surface area (Å²) < 4.78 is 20.8. The number of hydrogen-bond donors (Lipinski definition) is 4. The van der Waals surface area contributed by atoms with Crippen molar-refractivity contribution in [1.82, 2.24) is 0 Å². The first-order valence-electron chi connectivity index (χ1n) is 6.62. The maximum atomic E-state index is 9.13. The van der Waals surface area contributed by atoms with Crippen LogP contribution in [0.25, 0.3) is 0 Å². The van der Waals surface area contributed by atoms with Gasteiger partial charge in [-0.1, -0.05) is 0 Å². The Bertz CT molecular complexity index is 235. The van der Waals surface area contributed by atoms with Crippen LogP contribution in [0.2, 0.25) is 0 Å². The first kappa shape index (κ1) is 17.7. The number of epoxide rings is 1. The van der Waals surface area contributed by atoms with Gasteiger partial charge in [-0.3, -0.25) is 0 Å². The molecule has 0 aromatic carbocycles. The summed E-state index contributed by atoms with van der Waals surface area (Å²) in [6.45, 7) is 0.451. The topological polar surface area (TPSA) is 121 Å². The van der Waals surface area contributed by atoms with E-state index >= 15 is 0 Å². The number of rotatable bonds is 13. The highest BCUT2D eigenvalue weighted by atomic mass is 16.6. The lowest BCUT2D eigenvalue weighted by Crippen LogP contribution is -2.33. The molecule has 8 heteroatoms. The average molecular weight is 296 g/mol. The van der Waals surface area contributed by atoms with E-state index in [1.807, 2.05) is 0 Å². The summed E-state index contributed by atoms with van der Waals surface area (Å²) in [6.07, 6.45) is -1.88. The van der Waals surface area contributed by atoms with E-state index in [2.05, 4.69) is 0 Å². The van der Waals surface area contributed by atoms with E-state index < -0.39 is 18.3 Å². The second-order valence-corrected chi connectivity index (χ2v) is 4.61. The van der Waals surface area contributed by atoms with Crippen LogP contribution >= 0.6 is 0 Å². The molecule has 4 N–H and O–H groups in total. The van der Waals surface area contributed by atoms with Crippen LogP contribution in [0.15, 0.2) is 0 Å². The van der Waals surface area contributed by atoms with Crippen LogP contribution in [0.3, 0.4) is 0 Å². The van der Waals surface area contributed by atoms with Gasteiger partial charge in [-0.2, -0.15) is 0 Å². The van der Waals surface area contributed by atoms with Crippen LogP contribution in [0.5, 0.6) is 0 Å². The predicted molar refractivity (Wildman–Crippen MR) is 67.3 cm³/mol. The monoisotopic (exact) mass is 296 g/mol. The van der Waals surface area contributed by atoms with Gasteiger partial charge in [0.15, 0.2) is 0 Å². The van der Waals surface area contributed by atoms with Crippen LogP contribution < -0.4 is 0 Å². The fourth-order valence-corrected chi connectivity index (χ4v) is 1.35. The number of hydrogen-bond acceptors (Lipinski definition) is 8. The lowest BCUT2D eigenvalue weighted by atomic mass is 10.3. The largest absolute Gasteiger partial charge is 0.394 e. The van der Waals surface area contributed by atoms with E-state index in [9.17, 15) is 0 Å². The minimum absolute atomic E-state index is 0.0324. The third-order valence-electron chi connectivity index (χ3n) is 2.67. The Hall–Kier alpha value is -0.320. The Morgan fingerprint density at radius 1 is 0.950 bits per heavy atom. The van der Waals surface area contributed by atoms with E-state index in [0.29, 0.717) is 13.2 Å². The molecular weight excluding hydrogens is 272 g/mol. The summed E-state index contributed by atoms with van der Waals surface area (Å²) in [5, 5.41) is 35.9. The summed E-state index contributed by atoms with van der Waals surface area (Å²) in [5.74, 6) is 0. The molecule has 0 aliphatic carbocycles. The Morgan fingerprint density at radius 3 is 2.15 bits per heavy atom. The van der Waals surface area contributed by atoms with Gasteiger partial charge in [0.25, 0.3) is 0 Å². The summed E-state index contributed by atoms with van der Waals surface area (Å²) in [7, 11) is 0. The molecule has 4 unspecified atom stereocenters. The normalized spacial score (nSPS) is 22.5. The molecule has 8 nitrogen and oxygen atoms in total. The van der Waals surface area contributed by atoms with Crippen LogP contribution in [-0.2, 0) is 18.9 Å². The van der Waals surface area contributed by atoms with Crippen molar-refractivity contribution in [2.45, 2.75) is 24.4 Å². The maximum Gasteiger partial charge on any atom is 0.104 e. The summed E-state index contributed by atoms with van der Waals surface area (Å²) in [5.41, 5.74) is 0. The van der Waals surface area contributed by atoms with Gasteiger partial charge in [0, 0.05) is 0 Å². The zero-order valence-corrected chi connectivity index (χ0v) is 11.4. The van der Waals surface area contributed by atoms with Crippen LogP contribution in [0.1, 0.15) is 0 Å². The van der Waals surface area contributed by atoms with Crippen molar-refractivity contribution in [2.75, 3.05) is 52.9 Å². The molecule has 1 aliphatic rings. The third kappa shape index (κ3) is 8.08. The molecule has 1 rings (SSSR count). The molecule has 0 aromatic heterocycles. The molecule has 0 aromatic rings. The first-order chi connectivity index (χ1) is 9.69. The minimum Gasteiger partial charge on any atom is -0.394 e. The van der Waals surface area contributed by atoms with Gasteiger partial charge in [0.05, 0.1) is 52.9 Å². The lowest BCUT2D eigenvalue weighted by Gasteiger charge is -2.20. The predicted octanol–water partition coefficient (Wildman–Crippen LogP) is -2.49. The fraction of sp³-hybridized carbons (Fsp3) is 1.00. The number of aliphatic hydroxyl groups is 4. The Morgan fingerprint density at radius 2 is 1.60 bits per heavy atom. The molecule has 0 bridgehead atoms. The SMILES string of the molecule is OCC(O)COCC(CO)OCC(CO)OCC1CO1. The zero-order chi connectivity index (χ0) is 14.8. The average Bonchev–Trinajstić information content (AvgIpc) is 3.29. The van der Waals surface area contributed by atoms with Gasteiger partial charge in [-0.05, 0) is 0 Å². The molecule has 120 valence electrons. The van der Waals surface area contributed by atoms with Crippen molar-refractivity contribution in [2.24, 2.45) is 0 Å². The van der Waals surface area contributed by atoms with E-state index in [-0.39, 0.29) is 45.7 Å². The first-order valence-corrected chi connectivity index (χ1v) is 6.62. The van der Waals surface area contributed by atoms with E-state index in [0.717, 1.165) is 0 Å². The third-order valence-corrected chi connectivity index (χ3v) is 2.67. The second kappa shape index (κ2) is 10.4. The number of aliphatic hydroxyl groups excluding tert-OH is 4. The minimum atomic E-state index is -0.943.